The van der Waals surface area contributed by atoms with Crippen LogP contribution in [0.5, 0.6) is 0 Å². The number of non-ortho nitro benzene ring substituents is 1. The summed E-state index contributed by atoms with van der Waals surface area (Å²) in [5.74, 6) is 0.244. The number of nitro groups is 1. The molecule has 0 fully saturated rings. The van der Waals surface area contributed by atoms with Crippen LogP contribution >= 0.6 is 11.3 Å². The summed E-state index contributed by atoms with van der Waals surface area (Å²) in [7, 11) is 0. The molecular weight excluding hydrogens is 404 g/mol. The molecule has 2 heterocycles. The summed E-state index contributed by atoms with van der Waals surface area (Å²) in [4.78, 5) is 26.1. The van der Waals surface area contributed by atoms with E-state index in [2.05, 4.69) is 4.98 Å². The maximum atomic E-state index is 11.1. The Hall–Kier alpha value is -3.78. The van der Waals surface area contributed by atoms with Gasteiger partial charge in [-0.2, -0.15) is 0 Å². The van der Waals surface area contributed by atoms with Crippen LogP contribution in [-0.2, 0) is 4.79 Å². The van der Waals surface area contributed by atoms with E-state index in [1.165, 1.54) is 23.5 Å². The largest absolute Gasteiger partial charge is 0.481 e. The molecule has 2 aromatic carbocycles. The molecule has 0 spiro atoms. The fourth-order valence-electron chi connectivity index (χ4n) is 3.00. The topological polar surface area (TPSA) is 106 Å². The van der Waals surface area contributed by atoms with E-state index >= 15 is 0 Å². The number of furan rings is 1. The van der Waals surface area contributed by atoms with Crippen molar-refractivity contribution in [1.82, 2.24) is 4.98 Å². The number of rotatable bonds is 7. The summed E-state index contributed by atoms with van der Waals surface area (Å²) in [6, 6.07) is 17.4. The number of aliphatic carboxylic acids is 1. The van der Waals surface area contributed by atoms with Crippen LogP contribution in [-0.4, -0.2) is 21.0 Å². The van der Waals surface area contributed by atoms with Crippen LogP contribution in [0.1, 0.15) is 23.6 Å². The van der Waals surface area contributed by atoms with Gasteiger partial charge in [0.1, 0.15) is 16.5 Å². The molecule has 0 unspecified atom stereocenters. The SMILES string of the molecule is O=C(O)CC/C(=C/c1ccc(-c2ccc([N+](=O)[O-])cc2)o1)c1nc2ccccc2s1. The number of nitro benzene ring substituents is 1. The van der Waals surface area contributed by atoms with E-state index in [1.54, 1.807) is 30.3 Å². The average Bonchev–Trinajstić information content (AvgIpc) is 3.38. The maximum absolute atomic E-state index is 11.1. The molecule has 0 aliphatic carbocycles. The van der Waals surface area contributed by atoms with Crippen LogP contribution in [0.3, 0.4) is 0 Å². The molecule has 2 aromatic heterocycles. The van der Waals surface area contributed by atoms with Gasteiger partial charge in [0, 0.05) is 24.1 Å². The van der Waals surface area contributed by atoms with Crippen LogP contribution in [0.15, 0.2) is 65.1 Å². The van der Waals surface area contributed by atoms with Gasteiger partial charge in [-0.3, -0.25) is 14.9 Å². The first-order valence-electron chi connectivity index (χ1n) is 9.12. The molecule has 4 rings (SSSR count). The highest BCUT2D eigenvalue weighted by Crippen LogP contribution is 2.32. The zero-order chi connectivity index (χ0) is 21.1. The Morgan fingerprint density at radius 1 is 1.10 bits per heavy atom. The second-order valence-electron chi connectivity index (χ2n) is 6.56. The molecule has 30 heavy (non-hydrogen) atoms. The fourth-order valence-corrected chi connectivity index (χ4v) is 4.01. The number of benzene rings is 2. The number of thiazole rings is 1. The Kier molecular flexibility index (Phi) is 5.40. The van der Waals surface area contributed by atoms with Crippen molar-refractivity contribution in [1.29, 1.82) is 0 Å². The van der Waals surface area contributed by atoms with Crippen molar-refractivity contribution in [3.8, 4) is 11.3 Å². The Labute approximate surface area is 175 Å². The highest BCUT2D eigenvalue weighted by atomic mass is 32.1. The summed E-state index contributed by atoms with van der Waals surface area (Å²) in [6.07, 6.45) is 2.11. The van der Waals surface area contributed by atoms with Crippen molar-refractivity contribution < 1.29 is 19.2 Å². The normalized spacial score (nSPS) is 11.7. The van der Waals surface area contributed by atoms with Crippen molar-refractivity contribution in [3.63, 3.8) is 0 Å². The minimum Gasteiger partial charge on any atom is -0.481 e. The monoisotopic (exact) mass is 420 g/mol. The van der Waals surface area contributed by atoms with E-state index in [0.717, 1.165) is 20.8 Å². The molecule has 0 amide bonds. The molecule has 0 radical (unpaired) electrons. The molecule has 8 heteroatoms. The fraction of sp³-hybridized carbons (Fsp3) is 0.0909. The van der Waals surface area contributed by atoms with Gasteiger partial charge in [-0.1, -0.05) is 12.1 Å². The van der Waals surface area contributed by atoms with Gasteiger partial charge in [-0.15, -0.1) is 11.3 Å². The van der Waals surface area contributed by atoms with E-state index in [9.17, 15) is 14.9 Å². The lowest BCUT2D eigenvalue weighted by molar-refractivity contribution is -0.384. The van der Waals surface area contributed by atoms with E-state index in [-0.39, 0.29) is 12.1 Å². The lowest BCUT2D eigenvalue weighted by Gasteiger charge is -2.02. The smallest absolute Gasteiger partial charge is 0.303 e. The summed E-state index contributed by atoms with van der Waals surface area (Å²) in [5.41, 5.74) is 2.37. The van der Waals surface area contributed by atoms with E-state index < -0.39 is 10.9 Å². The standard InChI is InChI=1S/C22H16N2O5S/c25-21(26)12-7-15(22-23-18-3-1-2-4-20(18)30-22)13-17-10-11-19(29-17)14-5-8-16(9-6-14)24(27)28/h1-6,8-11,13H,7,12H2,(H,25,26)/b15-13-. The van der Waals surface area contributed by atoms with Gasteiger partial charge < -0.3 is 9.52 Å². The van der Waals surface area contributed by atoms with Gasteiger partial charge in [0.25, 0.3) is 5.69 Å². The van der Waals surface area contributed by atoms with Crippen LogP contribution in [0.2, 0.25) is 0 Å². The van der Waals surface area contributed by atoms with Crippen molar-refractivity contribution in [2.75, 3.05) is 0 Å². The highest BCUT2D eigenvalue weighted by molar-refractivity contribution is 7.19. The van der Waals surface area contributed by atoms with Gasteiger partial charge in [0.15, 0.2) is 0 Å². The Morgan fingerprint density at radius 2 is 1.87 bits per heavy atom. The zero-order valence-electron chi connectivity index (χ0n) is 15.6. The molecule has 0 saturated heterocycles. The lowest BCUT2D eigenvalue weighted by Crippen LogP contribution is -1.95. The summed E-state index contributed by atoms with van der Waals surface area (Å²) < 4.78 is 6.91. The second-order valence-corrected chi connectivity index (χ2v) is 7.59. The number of hydrogen-bond acceptors (Lipinski definition) is 6. The molecule has 0 aliphatic rings. The summed E-state index contributed by atoms with van der Waals surface area (Å²) >= 11 is 1.51. The van der Waals surface area contributed by atoms with Gasteiger partial charge in [-0.25, -0.2) is 4.98 Å². The first kappa shape index (κ1) is 19.5. The van der Waals surface area contributed by atoms with Crippen LogP contribution in [0.25, 0.3) is 33.2 Å². The number of nitrogens with zero attached hydrogens (tertiary/aromatic N) is 2. The van der Waals surface area contributed by atoms with Gasteiger partial charge >= 0.3 is 5.97 Å². The predicted molar refractivity (Wildman–Crippen MR) is 115 cm³/mol. The number of aromatic nitrogens is 1. The third-order valence-electron chi connectivity index (χ3n) is 4.48. The summed E-state index contributed by atoms with van der Waals surface area (Å²) in [6.45, 7) is 0. The molecule has 150 valence electrons. The van der Waals surface area contributed by atoms with Gasteiger partial charge in [0.2, 0.25) is 0 Å². The molecule has 7 nitrogen and oxygen atoms in total. The Bertz CT molecular complexity index is 1220. The predicted octanol–water partition coefficient (Wildman–Crippen LogP) is 5.87. The molecular formula is C22H16N2O5S. The quantitative estimate of drug-likeness (QED) is 0.296. The number of para-hydroxylation sites is 1. The number of allylic oxidation sites excluding steroid dienone is 1. The first-order chi connectivity index (χ1) is 14.5. The molecule has 0 saturated carbocycles. The number of carboxylic acid groups (broad SMARTS) is 1. The van der Waals surface area contributed by atoms with Crippen molar-refractivity contribution in [2.45, 2.75) is 12.8 Å². The van der Waals surface area contributed by atoms with Crippen molar-refractivity contribution in [3.05, 3.63) is 81.5 Å². The Morgan fingerprint density at radius 3 is 2.57 bits per heavy atom. The summed E-state index contributed by atoms with van der Waals surface area (Å²) in [5, 5.41) is 20.7. The van der Waals surface area contributed by atoms with Crippen LogP contribution < -0.4 is 0 Å². The van der Waals surface area contributed by atoms with Gasteiger partial charge in [-0.05, 0) is 54.5 Å². The van der Waals surface area contributed by atoms with Crippen LogP contribution in [0.4, 0.5) is 5.69 Å². The Balaban J connectivity index is 1.66. The third kappa shape index (κ3) is 4.28. The van der Waals surface area contributed by atoms with Gasteiger partial charge in [0.05, 0.1) is 15.1 Å². The maximum Gasteiger partial charge on any atom is 0.303 e. The van der Waals surface area contributed by atoms with Crippen molar-refractivity contribution >= 4 is 44.9 Å². The number of carbonyl (C=O) groups is 1. The number of hydrogen-bond donors (Lipinski definition) is 1. The second kappa shape index (κ2) is 8.30. The molecule has 0 atom stereocenters. The zero-order valence-corrected chi connectivity index (χ0v) is 16.5. The highest BCUT2D eigenvalue weighted by Gasteiger charge is 2.13. The van der Waals surface area contributed by atoms with Crippen molar-refractivity contribution in [2.24, 2.45) is 0 Å². The number of carboxylic acids is 1. The minimum atomic E-state index is -0.881. The lowest BCUT2D eigenvalue weighted by atomic mass is 10.1. The molecule has 1 N–H and O–H groups in total. The van der Waals surface area contributed by atoms with E-state index in [0.29, 0.717) is 23.5 Å². The third-order valence-corrected chi connectivity index (χ3v) is 5.59. The molecule has 0 bridgehead atoms. The molecule has 4 aromatic rings. The number of fused-ring (bicyclic) bond motifs is 1. The molecule has 0 aliphatic heterocycles. The minimum absolute atomic E-state index is 0.0113. The van der Waals surface area contributed by atoms with E-state index in [1.807, 2.05) is 24.3 Å². The first-order valence-corrected chi connectivity index (χ1v) is 9.94. The average molecular weight is 420 g/mol. The van der Waals surface area contributed by atoms with Crippen LogP contribution in [0, 0.1) is 10.1 Å². The van der Waals surface area contributed by atoms with E-state index in [4.69, 9.17) is 9.52 Å².